The molecule has 0 saturated carbocycles. The molecule has 7 heteroatoms. The summed E-state index contributed by atoms with van der Waals surface area (Å²) in [7, 11) is 2.96. The van der Waals surface area contributed by atoms with E-state index < -0.39 is 17.4 Å². The number of hydrogen-bond acceptors (Lipinski definition) is 5. The molecule has 1 aliphatic carbocycles. The van der Waals surface area contributed by atoms with Crippen LogP contribution in [-0.2, 0) is 20.9 Å². The normalized spacial score (nSPS) is 23.3. The Morgan fingerprint density at radius 2 is 1.83 bits per heavy atom. The molecule has 1 N–H and O–H groups in total. The number of rotatable bonds is 3. The maximum absolute atomic E-state index is 13.9. The molecule has 0 radical (unpaired) electrons. The van der Waals surface area contributed by atoms with Crippen LogP contribution < -0.4 is 10.1 Å². The van der Waals surface area contributed by atoms with E-state index in [1.807, 2.05) is 26.0 Å². The molecule has 2 unspecified atom stereocenters. The molecule has 0 fully saturated rings. The zero-order valence-electron chi connectivity index (χ0n) is 17.6. The number of carbonyl (C=O) groups is 3. The highest BCUT2D eigenvalue weighted by Gasteiger charge is 2.76. The Hall–Kier alpha value is -3.35. The first kappa shape index (κ1) is 19.9. The van der Waals surface area contributed by atoms with Crippen LogP contribution >= 0.6 is 0 Å². The van der Waals surface area contributed by atoms with Gasteiger partial charge in [-0.1, -0.05) is 50.2 Å². The molecule has 0 aromatic heterocycles. The number of carbonyl (C=O) groups excluding carboxylic acids is 3. The highest BCUT2D eigenvalue weighted by Crippen LogP contribution is 2.62. The van der Waals surface area contributed by atoms with Crippen molar-refractivity contribution in [2.24, 2.45) is 0 Å². The van der Waals surface area contributed by atoms with E-state index in [-0.39, 0.29) is 17.6 Å². The van der Waals surface area contributed by atoms with Gasteiger partial charge in [-0.25, -0.2) is 4.79 Å². The molecular weight excluding hydrogens is 384 g/mol. The molecule has 2 amide bonds. The maximum atomic E-state index is 13.9. The summed E-state index contributed by atoms with van der Waals surface area (Å²) in [6.45, 7) is 5.47. The van der Waals surface area contributed by atoms with Crippen molar-refractivity contribution in [3.63, 3.8) is 0 Å². The number of Topliss-reactive ketones (excluding diaryl/α,β-unsaturated/α-hetero) is 1. The molecule has 2 atom stereocenters. The summed E-state index contributed by atoms with van der Waals surface area (Å²) in [6, 6.07) is 12.4. The fraction of sp³-hybridized carbons (Fsp3) is 0.348. The van der Waals surface area contributed by atoms with Crippen molar-refractivity contribution in [1.82, 2.24) is 10.2 Å². The monoisotopic (exact) mass is 408 g/mol. The highest BCUT2D eigenvalue weighted by molar-refractivity contribution is 6.12. The van der Waals surface area contributed by atoms with Crippen LogP contribution in [0, 0.1) is 0 Å². The third-order valence-corrected chi connectivity index (χ3v) is 6.06. The molecule has 2 aliphatic rings. The van der Waals surface area contributed by atoms with Crippen LogP contribution in [-0.4, -0.2) is 36.8 Å². The summed E-state index contributed by atoms with van der Waals surface area (Å²) < 4.78 is 12.2. The Bertz CT molecular complexity index is 1080. The van der Waals surface area contributed by atoms with Gasteiger partial charge in [-0.05, 0) is 17.5 Å². The van der Waals surface area contributed by atoms with Crippen LogP contribution in [0.3, 0.4) is 0 Å². The van der Waals surface area contributed by atoms with Crippen molar-refractivity contribution in [2.75, 3.05) is 14.1 Å². The van der Waals surface area contributed by atoms with Crippen molar-refractivity contribution in [3.05, 3.63) is 64.7 Å². The van der Waals surface area contributed by atoms with Crippen LogP contribution in [0.15, 0.2) is 42.5 Å². The molecular formula is C23H24N2O5. The number of hydrogen-bond donors (Lipinski definition) is 1. The lowest BCUT2D eigenvalue weighted by molar-refractivity contribution is -0.200. The van der Waals surface area contributed by atoms with Crippen LogP contribution in [0.5, 0.6) is 5.75 Å². The number of amides is 2. The Kier molecular flexibility index (Phi) is 4.38. The van der Waals surface area contributed by atoms with Gasteiger partial charge < -0.3 is 19.7 Å². The fourth-order valence-electron chi connectivity index (χ4n) is 4.49. The standard InChI is InChI=1S/C23H24N2O5/c1-13(2)15-10-11-18-19(12-15)29-23(30-21(28)24-4)17-9-7-6-8-16(17)20(27)22(18,23)25(5)14(3)26/h6-13H,1-5H3,(H,24,28). The number of fused-ring (bicyclic) bond motifs is 5. The molecule has 156 valence electrons. The van der Waals surface area contributed by atoms with Crippen molar-refractivity contribution >= 4 is 17.8 Å². The van der Waals surface area contributed by atoms with Crippen LogP contribution in [0.2, 0.25) is 0 Å². The number of alkyl carbamates (subject to hydrolysis) is 1. The van der Waals surface area contributed by atoms with E-state index in [1.165, 1.54) is 25.9 Å². The van der Waals surface area contributed by atoms with E-state index in [0.29, 0.717) is 22.4 Å². The van der Waals surface area contributed by atoms with E-state index in [2.05, 4.69) is 5.32 Å². The van der Waals surface area contributed by atoms with Gasteiger partial charge in [-0.2, -0.15) is 0 Å². The predicted molar refractivity (Wildman–Crippen MR) is 109 cm³/mol. The third-order valence-electron chi connectivity index (χ3n) is 6.06. The van der Waals surface area contributed by atoms with Gasteiger partial charge >= 0.3 is 11.9 Å². The van der Waals surface area contributed by atoms with Crippen molar-refractivity contribution in [2.45, 2.75) is 38.0 Å². The highest BCUT2D eigenvalue weighted by atomic mass is 16.7. The minimum Gasteiger partial charge on any atom is -0.445 e. The number of ketones is 1. The second-order valence-corrected chi connectivity index (χ2v) is 7.93. The Labute approximate surface area is 175 Å². The average molecular weight is 408 g/mol. The molecule has 0 bridgehead atoms. The van der Waals surface area contributed by atoms with Gasteiger partial charge in [0.1, 0.15) is 5.75 Å². The molecule has 2 aromatic carbocycles. The summed E-state index contributed by atoms with van der Waals surface area (Å²) in [5.74, 6) is -1.90. The Balaban J connectivity index is 2.09. The first-order valence-corrected chi connectivity index (χ1v) is 9.83. The predicted octanol–water partition coefficient (Wildman–Crippen LogP) is 3.28. The summed E-state index contributed by atoms with van der Waals surface area (Å²) in [5.41, 5.74) is 0.599. The topological polar surface area (TPSA) is 84.9 Å². The van der Waals surface area contributed by atoms with Gasteiger partial charge in [0.05, 0.1) is 5.56 Å². The molecule has 1 heterocycles. The van der Waals surface area contributed by atoms with Crippen molar-refractivity contribution in [3.8, 4) is 5.75 Å². The van der Waals surface area contributed by atoms with Gasteiger partial charge in [-0.3, -0.25) is 9.59 Å². The maximum Gasteiger partial charge on any atom is 0.410 e. The molecule has 2 aromatic rings. The Morgan fingerprint density at radius 1 is 1.13 bits per heavy atom. The van der Waals surface area contributed by atoms with Gasteiger partial charge in [0.2, 0.25) is 17.2 Å². The lowest BCUT2D eigenvalue weighted by Crippen LogP contribution is -2.62. The van der Waals surface area contributed by atoms with E-state index in [0.717, 1.165) is 5.56 Å². The molecule has 0 saturated heterocycles. The first-order chi connectivity index (χ1) is 14.2. The fourth-order valence-corrected chi connectivity index (χ4v) is 4.49. The minimum atomic E-state index is -1.83. The molecule has 1 aliphatic heterocycles. The van der Waals surface area contributed by atoms with E-state index in [9.17, 15) is 14.4 Å². The van der Waals surface area contributed by atoms with Crippen molar-refractivity contribution in [1.29, 1.82) is 0 Å². The van der Waals surface area contributed by atoms with Crippen molar-refractivity contribution < 1.29 is 23.9 Å². The third kappa shape index (κ3) is 2.29. The zero-order chi connectivity index (χ0) is 21.8. The largest absolute Gasteiger partial charge is 0.445 e. The average Bonchev–Trinajstić information content (AvgIpc) is 3.12. The number of ether oxygens (including phenoxy) is 2. The SMILES string of the molecule is CNC(=O)OC12Oc3cc(C(C)C)ccc3C1(N(C)C(C)=O)C(=O)c1ccccc12. The molecule has 4 rings (SSSR count). The summed E-state index contributed by atoms with van der Waals surface area (Å²) in [5, 5.41) is 2.43. The van der Waals surface area contributed by atoms with Gasteiger partial charge in [0, 0.05) is 32.1 Å². The summed E-state index contributed by atoms with van der Waals surface area (Å²) in [4.78, 5) is 40.3. The molecule has 7 nitrogen and oxygen atoms in total. The summed E-state index contributed by atoms with van der Waals surface area (Å²) >= 11 is 0. The minimum absolute atomic E-state index is 0.222. The van der Waals surface area contributed by atoms with Crippen LogP contribution in [0.25, 0.3) is 0 Å². The van der Waals surface area contributed by atoms with E-state index >= 15 is 0 Å². The molecule has 0 spiro atoms. The lowest BCUT2D eigenvalue weighted by atomic mass is 9.80. The van der Waals surface area contributed by atoms with E-state index in [4.69, 9.17) is 9.47 Å². The number of likely N-dealkylation sites (N-methyl/N-ethyl adjacent to an activating group) is 1. The number of nitrogens with zero attached hydrogens (tertiary/aromatic N) is 1. The first-order valence-electron chi connectivity index (χ1n) is 9.83. The Morgan fingerprint density at radius 3 is 2.47 bits per heavy atom. The van der Waals surface area contributed by atoms with Gasteiger partial charge in [0.15, 0.2) is 0 Å². The van der Waals surface area contributed by atoms with E-state index in [1.54, 1.807) is 30.3 Å². The van der Waals surface area contributed by atoms with Gasteiger partial charge in [0.25, 0.3) is 0 Å². The second kappa shape index (κ2) is 6.58. The lowest BCUT2D eigenvalue weighted by Gasteiger charge is -2.42. The smallest absolute Gasteiger partial charge is 0.410 e. The number of benzene rings is 2. The van der Waals surface area contributed by atoms with Gasteiger partial charge in [-0.15, -0.1) is 0 Å². The van der Waals surface area contributed by atoms with Crippen LogP contribution in [0.1, 0.15) is 53.7 Å². The molecule has 30 heavy (non-hydrogen) atoms. The number of nitrogens with one attached hydrogen (secondary N) is 1. The quantitative estimate of drug-likeness (QED) is 0.843. The summed E-state index contributed by atoms with van der Waals surface area (Å²) in [6.07, 6.45) is -0.766. The second-order valence-electron chi connectivity index (χ2n) is 7.93. The van der Waals surface area contributed by atoms with Crippen LogP contribution in [0.4, 0.5) is 4.79 Å². The zero-order valence-corrected chi connectivity index (χ0v) is 17.6.